The molecule has 0 unspecified atom stereocenters. The van der Waals surface area contributed by atoms with Crippen LogP contribution in [0.15, 0.2) is 33.1 Å². The molecular formula is C11H8FN5OS2. The van der Waals surface area contributed by atoms with Crippen LogP contribution in [0.2, 0.25) is 0 Å². The van der Waals surface area contributed by atoms with Gasteiger partial charge in [0.2, 0.25) is 5.13 Å². The lowest BCUT2D eigenvalue weighted by molar-refractivity contribution is 0.425. The number of aromatic nitrogens is 4. The number of hydrogen-bond acceptors (Lipinski definition) is 8. The molecule has 102 valence electrons. The van der Waals surface area contributed by atoms with Crippen LogP contribution < -0.4 is 5.73 Å². The van der Waals surface area contributed by atoms with E-state index in [0.717, 1.165) is 4.34 Å². The molecule has 0 atom stereocenters. The van der Waals surface area contributed by atoms with E-state index < -0.39 is 0 Å². The highest BCUT2D eigenvalue weighted by atomic mass is 32.2. The highest BCUT2D eigenvalue weighted by Gasteiger charge is 2.10. The van der Waals surface area contributed by atoms with Crippen molar-refractivity contribution in [2.45, 2.75) is 10.1 Å². The summed E-state index contributed by atoms with van der Waals surface area (Å²) in [4.78, 5) is 4.24. The Balaban J connectivity index is 1.69. The van der Waals surface area contributed by atoms with E-state index in [1.807, 2.05) is 0 Å². The van der Waals surface area contributed by atoms with Crippen molar-refractivity contribution in [1.29, 1.82) is 0 Å². The molecule has 20 heavy (non-hydrogen) atoms. The summed E-state index contributed by atoms with van der Waals surface area (Å²) in [6, 6.07) is 5.87. The molecule has 1 aromatic carbocycles. The molecule has 0 fully saturated rings. The molecule has 0 amide bonds. The molecule has 2 aromatic heterocycles. The average molecular weight is 309 g/mol. The number of hydrogen-bond donors (Lipinski definition) is 1. The Morgan fingerprint density at radius 2 is 2.05 bits per heavy atom. The first-order valence-corrected chi connectivity index (χ1v) is 7.31. The summed E-state index contributed by atoms with van der Waals surface area (Å²) in [6.07, 6.45) is 0. The highest BCUT2D eigenvalue weighted by molar-refractivity contribution is 8.00. The molecular weight excluding hydrogens is 301 g/mol. The molecule has 9 heteroatoms. The van der Waals surface area contributed by atoms with E-state index in [1.54, 1.807) is 12.1 Å². The monoisotopic (exact) mass is 309 g/mol. The van der Waals surface area contributed by atoms with Gasteiger partial charge in [-0.3, -0.25) is 0 Å². The van der Waals surface area contributed by atoms with E-state index in [-0.39, 0.29) is 5.82 Å². The van der Waals surface area contributed by atoms with Crippen LogP contribution in [-0.2, 0) is 5.75 Å². The summed E-state index contributed by atoms with van der Waals surface area (Å²) >= 11 is 2.73. The Hall–Kier alpha value is -2.00. The van der Waals surface area contributed by atoms with Crippen LogP contribution in [-0.4, -0.2) is 20.3 Å². The van der Waals surface area contributed by atoms with Gasteiger partial charge in [0, 0.05) is 5.56 Å². The zero-order chi connectivity index (χ0) is 13.9. The van der Waals surface area contributed by atoms with Crippen LogP contribution in [0.1, 0.15) is 5.82 Å². The fourth-order valence-electron chi connectivity index (χ4n) is 1.43. The number of benzene rings is 1. The van der Waals surface area contributed by atoms with Crippen molar-refractivity contribution in [3.05, 3.63) is 35.9 Å². The van der Waals surface area contributed by atoms with Gasteiger partial charge in [-0.05, 0) is 24.3 Å². The Bertz CT molecular complexity index is 712. The second kappa shape index (κ2) is 5.55. The number of anilines is 1. The highest BCUT2D eigenvalue weighted by Crippen LogP contribution is 2.26. The smallest absolute Gasteiger partial charge is 0.257 e. The lowest BCUT2D eigenvalue weighted by atomic mass is 10.2. The fourth-order valence-corrected chi connectivity index (χ4v) is 2.91. The molecule has 6 nitrogen and oxygen atoms in total. The van der Waals surface area contributed by atoms with E-state index >= 15 is 0 Å². The standard InChI is InChI=1S/C11H8FN5OS2/c12-7-3-1-6(2-4-7)9-14-8(17-18-9)5-19-11-16-15-10(13)20-11/h1-4H,5H2,(H2,13,15). The number of nitrogen functional groups attached to an aromatic ring is 1. The van der Waals surface area contributed by atoms with Crippen molar-refractivity contribution in [3.8, 4) is 11.5 Å². The SMILES string of the molecule is Nc1nnc(SCc2noc(-c3ccc(F)cc3)n2)s1. The van der Waals surface area contributed by atoms with Gasteiger partial charge in [0.1, 0.15) is 5.82 Å². The maximum absolute atomic E-state index is 12.8. The lowest BCUT2D eigenvalue weighted by Crippen LogP contribution is -1.84. The summed E-state index contributed by atoms with van der Waals surface area (Å²) < 4.78 is 18.7. The maximum atomic E-state index is 12.8. The normalized spacial score (nSPS) is 10.8. The maximum Gasteiger partial charge on any atom is 0.257 e. The molecule has 2 heterocycles. The topological polar surface area (TPSA) is 90.7 Å². The van der Waals surface area contributed by atoms with Crippen molar-refractivity contribution in [2.75, 3.05) is 5.73 Å². The average Bonchev–Trinajstić information content (AvgIpc) is 3.06. The predicted octanol–water partition coefficient (Wildman–Crippen LogP) is 2.60. The van der Waals surface area contributed by atoms with Gasteiger partial charge >= 0.3 is 0 Å². The summed E-state index contributed by atoms with van der Waals surface area (Å²) in [5.41, 5.74) is 6.17. The molecule has 2 N–H and O–H groups in total. The van der Waals surface area contributed by atoms with Crippen LogP contribution in [0, 0.1) is 5.82 Å². The van der Waals surface area contributed by atoms with E-state index in [4.69, 9.17) is 10.3 Å². The third-order valence-corrected chi connectivity index (χ3v) is 4.19. The lowest BCUT2D eigenvalue weighted by Gasteiger charge is -1.92. The van der Waals surface area contributed by atoms with Crippen molar-refractivity contribution in [2.24, 2.45) is 0 Å². The molecule has 3 aromatic rings. The minimum absolute atomic E-state index is 0.307. The van der Waals surface area contributed by atoms with Gasteiger partial charge in [0.25, 0.3) is 5.89 Å². The minimum Gasteiger partial charge on any atom is -0.374 e. The molecule has 0 bridgehead atoms. The summed E-state index contributed by atoms with van der Waals surface area (Å²) in [5.74, 6) is 1.08. The zero-order valence-electron chi connectivity index (χ0n) is 9.99. The van der Waals surface area contributed by atoms with E-state index in [1.165, 1.54) is 35.2 Å². The molecule has 0 radical (unpaired) electrons. The number of nitrogens with two attached hydrogens (primary N) is 1. The Kier molecular flexibility index (Phi) is 3.61. The molecule has 0 aliphatic rings. The Morgan fingerprint density at radius 3 is 2.75 bits per heavy atom. The van der Waals surface area contributed by atoms with Crippen LogP contribution >= 0.6 is 23.1 Å². The van der Waals surface area contributed by atoms with Crippen molar-refractivity contribution in [1.82, 2.24) is 20.3 Å². The van der Waals surface area contributed by atoms with Gasteiger partial charge in [-0.2, -0.15) is 4.98 Å². The zero-order valence-corrected chi connectivity index (χ0v) is 11.6. The minimum atomic E-state index is -0.307. The first-order valence-electron chi connectivity index (χ1n) is 5.51. The first-order chi connectivity index (χ1) is 9.70. The van der Waals surface area contributed by atoms with Crippen molar-refractivity contribution in [3.63, 3.8) is 0 Å². The molecule has 0 aliphatic carbocycles. The van der Waals surface area contributed by atoms with Crippen LogP contribution in [0.4, 0.5) is 9.52 Å². The number of rotatable bonds is 4. The Labute approximate surface area is 121 Å². The fraction of sp³-hybridized carbons (Fsp3) is 0.0909. The third-order valence-electron chi connectivity index (χ3n) is 2.31. The second-order valence-electron chi connectivity index (χ2n) is 3.72. The van der Waals surface area contributed by atoms with E-state index in [9.17, 15) is 4.39 Å². The van der Waals surface area contributed by atoms with Crippen molar-refractivity contribution < 1.29 is 8.91 Å². The quantitative estimate of drug-likeness (QED) is 0.741. The molecule has 0 spiro atoms. The molecule has 0 saturated carbocycles. The summed E-state index contributed by atoms with van der Waals surface area (Å²) in [5, 5.41) is 11.9. The van der Waals surface area contributed by atoms with Crippen LogP contribution in [0.5, 0.6) is 0 Å². The van der Waals surface area contributed by atoms with Gasteiger partial charge in [-0.25, -0.2) is 4.39 Å². The van der Waals surface area contributed by atoms with Crippen molar-refractivity contribution >= 4 is 28.2 Å². The second-order valence-corrected chi connectivity index (χ2v) is 5.95. The van der Waals surface area contributed by atoms with E-state index in [2.05, 4.69) is 20.3 Å². The molecule has 3 rings (SSSR count). The number of thioether (sulfide) groups is 1. The van der Waals surface area contributed by atoms with Gasteiger partial charge < -0.3 is 10.3 Å². The largest absolute Gasteiger partial charge is 0.374 e. The van der Waals surface area contributed by atoms with Crippen LogP contribution in [0.3, 0.4) is 0 Å². The van der Waals surface area contributed by atoms with Crippen LogP contribution in [0.25, 0.3) is 11.5 Å². The van der Waals surface area contributed by atoms with Gasteiger partial charge in [0.05, 0.1) is 5.75 Å². The van der Waals surface area contributed by atoms with E-state index in [0.29, 0.717) is 28.2 Å². The van der Waals surface area contributed by atoms with Gasteiger partial charge in [-0.15, -0.1) is 10.2 Å². The summed E-state index contributed by atoms with van der Waals surface area (Å²) in [6.45, 7) is 0. The molecule has 0 saturated heterocycles. The predicted molar refractivity (Wildman–Crippen MR) is 73.6 cm³/mol. The van der Waals surface area contributed by atoms with Gasteiger partial charge in [-0.1, -0.05) is 28.3 Å². The van der Waals surface area contributed by atoms with Gasteiger partial charge in [0.15, 0.2) is 10.2 Å². The number of halogens is 1. The molecule has 0 aliphatic heterocycles. The summed E-state index contributed by atoms with van der Waals surface area (Å²) in [7, 11) is 0. The Morgan fingerprint density at radius 1 is 1.25 bits per heavy atom. The first kappa shape index (κ1) is 13.0. The third kappa shape index (κ3) is 2.94. The number of nitrogens with zero attached hydrogens (tertiary/aromatic N) is 4.